The molecule has 0 saturated heterocycles. The highest BCUT2D eigenvalue weighted by molar-refractivity contribution is 5.94. The second-order valence-electron chi connectivity index (χ2n) is 9.97. The number of nitrogens with zero attached hydrogens (tertiary/aromatic N) is 4. The van der Waals surface area contributed by atoms with Gasteiger partial charge in [0.05, 0.1) is 6.54 Å². The van der Waals surface area contributed by atoms with E-state index in [9.17, 15) is 4.79 Å². The van der Waals surface area contributed by atoms with Crippen LogP contribution in [0, 0.1) is 5.92 Å². The average molecular weight is 514 g/mol. The van der Waals surface area contributed by atoms with Gasteiger partial charge in [0.2, 0.25) is 0 Å². The van der Waals surface area contributed by atoms with Crippen LogP contribution in [0.2, 0.25) is 0 Å². The molecule has 4 aromatic rings. The van der Waals surface area contributed by atoms with Crippen LogP contribution >= 0.6 is 0 Å². The van der Waals surface area contributed by atoms with Crippen molar-refractivity contribution in [2.24, 2.45) is 5.92 Å². The molecule has 0 atom stereocenters. The minimum absolute atomic E-state index is 0.0126. The van der Waals surface area contributed by atoms with Crippen molar-refractivity contribution in [3.8, 4) is 5.75 Å². The number of hydrogen-bond acceptors (Lipinski definition) is 5. The molecule has 2 aromatic carbocycles. The van der Waals surface area contributed by atoms with Crippen molar-refractivity contribution in [1.29, 1.82) is 0 Å². The normalized spacial score (nSPS) is 11.3. The van der Waals surface area contributed by atoms with Gasteiger partial charge in [0.15, 0.2) is 5.65 Å². The first-order valence-corrected chi connectivity index (χ1v) is 13.6. The van der Waals surface area contributed by atoms with E-state index in [1.54, 1.807) is 6.20 Å². The summed E-state index contributed by atoms with van der Waals surface area (Å²) in [6.45, 7) is 10.5. The van der Waals surface area contributed by atoms with Crippen molar-refractivity contribution in [3.05, 3.63) is 89.9 Å². The third-order valence-corrected chi connectivity index (χ3v) is 6.43. The van der Waals surface area contributed by atoms with Crippen LogP contribution in [-0.4, -0.2) is 45.0 Å². The van der Waals surface area contributed by atoms with E-state index in [1.807, 2.05) is 59.5 Å². The molecule has 0 bridgehead atoms. The Morgan fingerprint density at radius 2 is 1.92 bits per heavy atom. The number of ether oxygens (including phenoxy) is 1. The molecule has 0 saturated carbocycles. The fourth-order valence-electron chi connectivity index (χ4n) is 4.39. The van der Waals surface area contributed by atoms with E-state index in [-0.39, 0.29) is 5.91 Å². The molecule has 0 unspecified atom stereocenters. The van der Waals surface area contributed by atoms with E-state index in [2.05, 4.69) is 47.8 Å². The number of rotatable bonds is 14. The fraction of sp³-hybridized carbons (Fsp3) is 0.387. The van der Waals surface area contributed by atoms with E-state index in [4.69, 9.17) is 9.72 Å². The summed E-state index contributed by atoms with van der Waals surface area (Å²) in [6.07, 6.45) is 3.68. The van der Waals surface area contributed by atoms with Crippen molar-refractivity contribution < 1.29 is 9.53 Å². The van der Waals surface area contributed by atoms with Gasteiger partial charge in [-0.05, 0) is 54.7 Å². The van der Waals surface area contributed by atoms with Crippen LogP contribution in [0.1, 0.15) is 55.4 Å². The molecule has 1 amide bonds. The molecule has 1 N–H and O–H groups in total. The van der Waals surface area contributed by atoms with Gasteiger partial charge >= 0.3 is 0 Å². The van der Waals surface area contributed by atoms with Gasteiger partial charge in [-0.25, -0.2) is 9.97 Å². The summed E-state index contributed by atoms with van der Waals surface area (Å²) in [7, 11) is 0. The molecule has 0 fully saturated rings. The van der Waals surface area contributed by atoms with Crippen molar-refractivity contribution in [1.82, 2.24) is 24.8 Å². The molecule has 2 aromatic heterocycles. The smallest absolute Gasteiger partial charge is 0.254 e. The van der Waals surface area contributed by atoms with Crippen LogP contribution < -0.4 is 10.1 Å². The Balaban J connectivity index is 1.43. The first-order chi connectivity index (χ1) is 18.5. The molecular weight excluding hydrogens is 474 g/mol. The van der Waals surface area contributed by atoms with Crippen molar-refractivity contribution in [2.45, 2.75) is 53.2 Å². The van der Waals surface area contributed by atoms with Gasteiger partial charge in [-0.3, -0.25) is 4.79 Å². The number of amides is 1. The van der Waals surface area contributed by atoms with Crippen molar-refractivity contribution in [2.75, 3.05) is 19.7 Å². The highest BCUT2D eigenvalue weighted by Crippen LogP contribution is 2.20. The largest absolute Gasteiger partial charge is 0.492 e. The number of carbonyl (C=O) groups excluding carboxylic acids is 1. The molecular formula is C31H39N5O2. The van der Waals surface area contributed by atoms with Gasteiger partial charge < -0.3 is 19.5 Å². The van der Waals surface area contributed by atoms with E-state index in [1.165, 1.54) is 5.56 Å². The monoisotopic (exact) mass is 513 g/mol. The highest BCUT2D eigenvalue weighted by atomic mass is 16.5. The molecule has 38 heavy (non-hydrogen) atoms. The SMILES string of the molecule is CCCn1c(CN(CCC(C)C)C(=O)c2cccc(OCCNCc3ccccc3)c2)nc2cccnc21. The van der Waals surface area contributed by atoms with Crippen LogP contribution in [0.5, 0.6) is 5.75 Å². The predicted octanol–water partition coefficient (Wildman–Crippen LogP) is 5.70. The zero-order valence-electron chi connectivity index (χ0n) is 22.8. The van der Waals surface area contributed by atoms with Crippen LogP contribution in [-0.2, 0) is 19.6 Å². The van der Waals surface area contributed by atoms with Gasteiger partial charge in [-0.1, -0.05) is 57.2 Å². The topological polar surface area (TPSA) is 72.3 Å². The minimum Gasteiger partial charge on any atom is -0.492 e. The standard InChI is InChI=1S/C31H39N5O2/c1-4-18-36-29(34-28-14-9-16-33-30(28)36)23-35(19-15-24(2)3)31(37)26-12-8-13-27(21-26)38-20-17-32-22-25-10-6-5-7-11-25/h5-14,16,21,24,32H,4,15,17-20,22-23H2,1-3H3. The molecule has 0 radical (unpaired) electrons. The van der Waals surface area contributed by atoms with Gasteiger partial charge in [-0.2, -0.15) is 0 Å². The van der Waals surface area contributed by atoms with Crippen LogP contribution in [0.15, 0.2) is 72.9 Å². The molecule has 0 aliphatic rings. The summed E-state index contributed by atoms with van der Waals surface area (Å²) in [6, 6.07) is 21.7. The Bertz CT molecular complexity index is 1300. The van der Waals surface area contributed by atoms with Gasteiger partial charge in [0.25, 0.3) is 5.91 Å². The van der Waals surface area contributed by atoms with Gasteiger partial charge in [-0.15, -0.1) is 0 Å². The lowest BCUT2D eigenvalue weighted by atomic mass is 10.1. The Morgan fingerprint density at radius 1 is 1.08 bits per heavy atom. The van der Waals surface area contributed by atoms with Gasteiger partial charge in [0.1, 0.15) is 23.7 Å². The molecule has 4 rings (SSSR count). The number of carbonyl (C=O) groups is 1. The number of hydrogen-bond donors (Lipinski definition) is 1. The molecule has 0 spiro atoms. The molecule has 0 aliphatic heterocycles. The quantitative estimate of drug-likeness (QED) is 0.219. The highest BCUT2D eigenvalue weighted by Gasteiger charge is 2.21. The molecule has 7 nitrogen and oxygen atoms in total. The Labute approximate surface area is 225 Å². The van der Waals surface area contributed by atoms with Crippen LogP contribution in [0.3, 0.4) is 0 Å². The summed E-state index contributed by atoms with van der Waals surface area (Å²) in [5.41, 5.74) is 3.60. The first kappa shape index (κ1) is 27.3. The second-order valence-corrected chi connectivity index (χ2v) is 9.97. The molecule has 200 valence electrons. The summed E-state index contributed by atoms with van der Waals surface area (Å²) < 4.78 is 8.11. The lowest BCUT2D eigenvalue weighted by molar-refractivity contribution is 0.0729. The van der Waals surface area contributed by atoms with Crippen LogP contribution in [0.4, 0.5) is 0 Å². The number of aromatic nitrogens is 3. The van der Waals surface area contributed by atoms with Crippen molar-refractivity contribution in [3.63, 3.8) is 0 Å². The Hall–Kier alpha value is -3.71. The number of fused-ring (bicyclic) bond motifs is 1. The van der Waals surface area contributed by atoms with E-state index in [0.717, 1.165) is 49.5 Å². The van der Waals surface area contributed by atoms with Gasteiger partial charge in [0, 0.05) is 37.9 Å². The summed E-state index contributed by atoms with van der Waals surface area (Å²) in [4.78, 5) is 25.0. The molecule has 0 aliphatic carbocycles. The minimum atomic E-state index is -0.0126. The third-order valence-electron chi connectivity index (χ3n) is 6.43. The summed E-state index contributed by atoms with van der Waals surface area (Å²) >= 11 is 0. The first-order valence-electron chi connectivity index (χ1n) is 13.6. The molecule has 2 heterocycles. The number of benzene rings is 2. The maximum absolute atomic E-state index is 13.7. The third kappa shape index (κ3) is 7.42. The lowest BCUT2D eigenvalue weighted by Crippen LogP contribution is -2.33. The second kappa shape index (κ2) is 13.7. The van der Waals surface area contributed by atoms with E-state index in [0.29, 0.717) is 36.9 Å². The van der Waals surface area contributed by atoms with E-state index < -0.39 is 0 Å². The van der Waals surface area contributed by atoms with Crippen LogP contribution in [0.25, 0.3) is 11.2 Å². The Morgan fingerprint density at radius 3 is 2.71 bits per heavy atom. The maximum atomic E-state index is 13.7. The number of nitrogens with one attached hydrogen (secondary N) is 1. The van der Waals surface area contributed by atoms with E-state index >= 15 is 0 Å². The average Bonchev–Trinajstić information content (AvgIpc) is 3.28. The maximum Gasteiger partial charge on any atom is 0.254 e. The zero-order valence-corrected chi connectivity index (χ0v) is 22.8. The Kier molecular flexibility index (Phi) is 9.87. The summed E-state index contributed by atoms with van der Waals surface area (Å²) in [5.74, 6) is 2.04. The number of aryl methyl sites for hydroxylation is 1. The molecule has 7 heteroatoms. The fourth-order valence-corrected chi connectivity index (χ4v) is 4.39. The summed E-state index contributed by atoms with van der Waals surface area (Å²) in [5, 5.41) is 3.39. The lowest BCUT2D eigenvalue weighted by Gasteiger charge is -2.24. The number of pyridine rings is 1. The predicted molar refractivity (Wildman–Crippen MR) is 152 cm³/mol. The number of imidazole rings is 1. The van der Waals surface area contributed by atoms with Crippen molar-refractivity contribution >= 4 is 17.1 Å². The zero-order chi connectivity index (χ0) is 26.7.